The zero-order valence-electron chi connectivity index (χ0n) is 6.27. The summed E-state index contributed by atoms with van der Waals surface area (Å²) in [6.07, 6.45) is 1.50. The van der Waals surface area contributed by atoms with Crippen molar-refractivity contribution in [2.24, 2.45) is 0 Å². The zero-order valence-corrected chi connectivity index (χ0v) is 7.91. The van der Waals surface area contributed by atoms with Crippen LogP contribution in [0, 0.1) is 0 Å². The largest absolute Gasteiger partial charge is 0.300 e. The molecule has 0 spiro atoms. The van der Waals surface area contributed by atoms with Gasteiger partial charge in [-0.2, -0.15) is 0 Å². The first-order chi connectivity index (χ1) is 4.16. The van der Waals surface area contributed by atoms with Gasteiger partial charge in [-0.3, -0.25) is 9.59 Å². The van der Waals surface area contributed by atoms with Crippen molar-refractivity contribution in [3.8, 4) is 0 Å². The molecule has 0 rings (SSSR count). The van der Waals surface area contributed by atoms with Gasteiger partial charge in [0.2, 0.25) is 0 Å². The van der Waals surface area contributed by atoms with Crippen molar-refractivity contribution < 1.29 is 29.1 Å². The molecule has 0 aromatic rings. The van der Waals surface area contributed by atoms with Crippen molar-refractivity contribution in [2.75, 3.05) is 0 Å². The second-order valence-corrected chi connectivity index (χ2v) is 2.17. The summed E-state index contributed by atoms with van der Waals surface area (Å²) in [5.74, 6) is 0.0263. The van der Waals surface area contributed by atoms with Gasteiger partial charge in [-0.1, -0.05) is 6.92 Å². The van der Waals surface area contributed by atoms with Crippen molar-refractivity contribution in [1.82, 2.24) is 0 Å². The summed E-state index contributed by atoms with van der Waals surface area (Å²) in [7, 11) is 0. The molecule has 61 valence electrons. The van der Waals surface area contributed by atoms with E-state index in [0.717, 1.165) is 6.42 Å². The minimum atomic E-state index is -0.0338. The Balaban J connectivity index is 0. The molecule has 0 atom stereocenters. The number of hydrogen-bond donors (Lipinski definition) is 0. The number of Topliss-reactive ketones (excluding diaryl/α,β-unsaturated/α-hetero) is 2. The van der Waals surface area contributed by atoms with Gasteiger partial charge in [-0.25, -0.2) is 0 Å². The Labute approximate surface area is 74.1 Å². The average Bonchev–Trinajstić information content (AvgIpc) is 1.63. The molecular formula is C7H12O2Rh. The van der Waals surface area contributed by atoms with Gasteiger partial charge in [0.15, 0.2) is 0 Å². The van der Waals surface area contributed by atoms with Crippen molar-refractivity contribution >= 4 is 11.6 Å². The van der Waals surface area contributed by atoms with Crippen LogP contribution in [0.4, 0.5) is 0 Å². The van der Waals surface area contributed by atoms with Crippen LogP contribution in [-0.4, -0.2) is 11.6 Å². The van der Waals surface area contributed by atoms with Gasteiger partial charge in [0.25, 0.3) is 0 Å². The van der Waals surface area contributed by atoms with E-state index in [1.54, 1.807) is 0 Å². The zero-order chi connectivity index (χ0) is 7.28. The maximum atomic E-state index is 10.6. The van der Waals surface area contributed by atoms with Gasteiger partial charge >= 0.3 is 0 Å². The molecule has 0 N–H and O–H groups in total. The Morgan fingerprint density at radius 1 is 1.30 bits per heavy atom. The Kier molecular flexibility index (Phi) is 8.93. The topological polar surface area (TPSA) is 34.1 Å². The molecule has 0 aromatic heterocycles. The summed E-state index contributed by atoms with van der Waals surface area (Å²) < 4.78 is 0. The molecule has 3 heteroatoms. The molecule has 0 bridgehead atoms. The molecule has 0 aliphatic carbocycles. The van der Waals surface area contributed by atoms with Crippen LogP contribution in [0.2, 0.25) is 0 Å². The van der Waals surface area contributed by atoms with Gasteiger partial charge < -0.3 is 0 Å². The molecule has 0 aliphatic heterocycles. The summed E-state index contributed by atoms with van der Waals surface area (Å²) >= 11 is 0. The minimum Gasteiger partial charge on any atom is -0.300 e. The molecule has 0 amide bonds. The standard InChI is InChI=1S/C7H12O2.Rh/c1-3-4-7(9)5-6(2)8;/h3-5H2,1-2H3;. The maximum absolute atomic E-state index is 10.6. The van der Waals surface area contributed by atoms with E-state index >= 15 is 0 Å². The maximum Gasteiger partial charge on any atom is 0.140 e. The first-order valence-electron chi connectivity index (χ1n) is 3.18. The molecule has 0 unspecified atom stereocenters. The normalized spacial score (nSPS) is 8.20. The summed E-state index contributed by atoms with van der Waals surface area (Å²) in [4.78, 5) is 20.9. The molecule has 0 fully saturated rings. The van der Waals surface area contributed by atoms with Gasteiger partial charge in [0, 0.05) is 25.9 Å². The first kappa shape index (κ1) is 12.6. The molecule has 0 aliphatic rings. The van der Waals surface area contributed by atoms with E-state index in [9.17, 15) is 9.59 Å². The van der Waals surface area contributed by atoms with E-state index in [1.807, 2.05) is 6.92 Å². The molecule has 0 saturated heterocycles. The van der Waals surface area contributed by atoms with Crippen LogP contribution in [0.1, 0.15) is 33.1 Å². The predicted molar refractivity (Wildman–Crippen MR) is 35.2 cm³/mol. The minimum absolute atomic E-state index is 0. The van der Waals surface area contributed by atoms with Crippen molar-refractivity contribution in [3.63, 3.8) is 0 Å². The van der Waals surface area contributed by atoms with Crippen LogP contribution in [-0.2, 0) is 29.1 Å². The molecule has 0 heterocycles. The molecule has 10 heavy (non-hydrogen) atoms. The van der Waals surface area contributed by atoms with Crippen LogP contribution in [0.25, 0.3) is 0 Å². The van der Waals surface area contributed by atoms with E-state index in [1.165, 1.54) is 6.92 Å². The van der Waals surface area contributed by atoms with E-state index < -0.39 is 0 Å². The number of carbonyl (C=O) groups excluding carboxylic acids is 2. The summed E-state index contributed by atoms with van der Waals surface area (Å²) in [6, 6.07) is 0. The number of carbonyl (C=O) groups is 2. The van der Waals surface area contributed by atoms with Crippen molar-refractivity contribution in [2.45, 2.75) is 33.1 Å². The Bertz CT molecular complexity index is 121. The third kappa shape index (κ3) is 7.96. The SMILES string of the molecule is CCCC(=O)CC(C)=O.[Rh]. The third-order valence-corrected chi connectivity index (χ3v) is 0.975. The van der Waals surface area contributed by atoms with E-state index in [-0.39, 0.29) is 37.5 Å². The van der Waals surface area contributed by atoms with Crippen LogP contribution >= 0.6 is 0 Å². The molecular weight excluding hydrogens is 219 g/mol. The van der Waals surface area contributed by atoms with Crippen LogP contribution in [0.15, 0.2) is 0 Å². The second-order valence-electron chi connectivity index (χ2n) is 2.17. The van der Waals surface area contributed by atoms with Crippen molar-refractivity contribution in [1.29, 1.82) is 0 Å². The fourth-order valence-electron chi connectivity index (χ4n) is 0.645. The van der Waals surface area contributed by atoms with Gasteiger partial charge in [-0.15, -0.1) is 0 Å². The molecule has 0 aromatic carbocycles. The first-order valence-corrected chi connectivity index (χ1v) is 3.18. The Hall–Kier alpha value is -0.0366. The Morgan fingerprint density at radius 2 is 1.80 bits per heavy atom. The summed E-state index contributed by atoms with van der Waals surface area (Å²) in [5, 5.41) is 0. The number of hydrogen-bond acceptors (Lipinski definition) is 2. The van der Waals surface area contributed by atoms with Gasteiger partial charge in [0.05, 0.1) is 6.42 Å². The van der Waals surface area contributed by atoms with Crippen LogP contribution in [0.3, 0.4) is 0 Å². The number of ketones is 2. The average molecular weight is 231 g/mol. The van der Waals surface area contributed by atoms with Gasteiger partial charge in [-0.05, 0) is 13.3 Å². The fourth-order valence-corrected chi connectivity index (χ4v) is 0.645. The van der Waals surface area contributed by atoms with E-state index in [2.05, 4.69) is 0 Å². The predicted octanol–water partition coefficient (Wildman–Crippen LogP) is 1.33. The number of rotatable bonds is 4. The van der Waals surface area contributed by atoms with Crippen molar-refractivity contribution in [3.05, 3.63) is 0 Å². The smallest absolute Gasteiger partial charge is 0.140 e. The van der Waals surface area contributed by atoms with Gasteiger partial charge in [0.1, 0.15) is 11.6 Å². The molecule has 1 radical (unpaired) electrons. The quantitative estimate of drug-likeness (QED) is 0.540. The third-order valence-electron chi connectivity index (χ3n) is 0.975. The van der Waals surface area contributed by atoms with E-state index in [4.69, 9.17) is 0 Å². The monoisotopic (exact) mass is 231 g/mol. The molecule has 2 nitrogen and oxygen atoms in total. The van der Waals surface area contributed by atoms with Crippen LogP contribution < -0.4 is 0 Å². The Morgan fingerprint density at radius 3 is 2.10 bits per heavy atom. The second kappa shape index (κ2) is 7.07. The summed E-state index contributed by atoms with van der Waals surface area (Å²) in [6.45, 7) is 3.37. The molecule has 0 saturated carbocycles. The summed E-state index contributed by atoms with van der Waals surface area (Å²) in [5.41, 5.74) is 0. The van der Waals surface area contributed by atoms with E-state index in [0.29, 0.717) is 6.42 Å². The fraction of sp³-hybridized carbons (Fsp3) is 0.714. The van der Waals surface area contributed by atoms with Crippen LogP contribution in [0.5, 0.6) is 0 Å².